The number of ether oxygens (including phenoxy) is 3. The largest absolute Gasteiger partial charge is 0.361 e. The predicted molar refractivity (Wildman–Crippen MR) is 105 cm³/mol. The van der Waals surface area contributed by atoms with Crippen LogP contribution in [-0.2, 0) is 20.9 Å². The van der Waals surface area contributed by atoms with Gasteiger partial charge in [-0.3, -0.25) is 4.57 Å². The first-order valence-corrected chi connectivity index (χ1v) is 12.5. The molecule has 0 spiro atoms. The third-order valence-corrected chi connectivity index (χ3v) is 6.77. The van der Waals surface area contributed by atoms with Gasteiger partial charge in [0.2, 0.25) is 0 Å². The molecule has 3 heterocycles. The summed E-state index contributed by atoms with van der Waals surface area (Å²) in [6.07, 6.45) is 1.40. The highest BCUT2D eigenvalue weighted by Crippen LogP contribution is 2.44. The fraction of sp³-hybridized carbons (Fsp3) is 0.684. The highest BCUT2D eigenvalue weighted by Gasteiger charge is 2.49. The number of fused-ring (bicyclic) bond motifs is 1. The number of hydrogen-bond acceptors (Lipinski definition) is 5. The minimum Gasteiger partial charge on any atom is -0.361 e. The van der Waals surface area contributed by atoms with Crippen molar-refractivity contribution in [3.05, 3.63) is 23.7 Å². The summed E-state index contributed by atoms with van der Waals surface area (Å²) in [5, 5.41) is 0. The lowest BCUT2D eigenvalue weighted by molar-refractivity contribution is -0.0896. The summed E-state index contributed by atoms with van der Waals surface area (Å²) in [6, 6.07) is 3.19. The van der Waals surface area contributed by atoms with E-state index in [4.69, 9.17) is 14.2 Å². The molecular weight excluding hydrogens is 346 g/mol. The van der Waals surface area contributed by atoms with Gasteiger partial charge >= 0.3 is 0 Å². The van der Waals surface area contributed by atoms with Gasteiger partial charge in [-0.05, 0) is 46.7 Å². The van der Waals surface area contributed by atoms with Crippen LogP contribution in [0.5, 0.6) is 0 Å². The number of hydrogen-bond donors (Lipinski definition) is 0. The molecule has 0 N–H and O–H groups in total. The van der Waals surface area contributed by atoms with Crippen molar-refractivity contribution in [3.8, 4) is 0 Å². The molecule has 7 heteroatoms. The lowest BCUT2D eigenvalue weighted by Gasteiger charge is -2.30. The van der Waals surface area contributed by atoms with Gasteiger partial charge in [0.05, 0.1) is 11.2 Å². The molecule has 3 rings (SSSR count). The maximum Gasteiger partial charge on any atom is 0.186 e. The zero-order chi connectivity index (χ0) is 19.1. The Kier molecular flexibility index (Phi) is 5.27. The van der Waals surface area contributed by atoms with Gasteiger partial charge < -0.3 is 14.2 Å². The topological polar surface area (TPSA) is 58.4 Å². The van der Waals surface area contributed by atoms with Gasteiger partial charge in [-0.1, -0.05) is 13.1 Å². The van der Waals surface area contributed by atoms with Crippen LogP contribution in [0.25, 0.3) is 11.2 Å². The van der Waals surface area contributed by atoms with Crippen LogP contribution in [0, 0.1) is 6.92 Å². The number of nitrogens with zero attached hydrogens (tertiary/aromatic N) is 3. The van der Waals surface area contributed by atoms with Gasteiger partial charge in [0.25, 0.3) is 0 Å². The highest BCUT2D eigenvalue weighted by atomic mass is 28.3. The zero-order valence-corrected chi connectivity index (χ0v) is 18.2. The van der Waals surface area contributed by atoms with Crippen molar-refractivity contribution in [2.24, 2.45) is 0 Å². The van der Waals surface area contributed by atoms with Gasteiger partial charge in [-0.2, -0.15) is 0 Å². The quantitative estimate of drug-likeness (QED) is 0.566. The number of rotatable bonds is 6. The third kappa shape index (κ3) is 3.71. The van der Waals surface area contributed by atoms with Crippen molar-refractivity contribution < 1.29 is 14.2 Å². The summed E-state index contributed by atoms with van der Waals surface area (Å²) in [6.45, 7) is 16.1. The second kappa shape index (κ2) is 7.03. The first-order valence-electron chi connectivity index (χ1n) is 9.37. The Balaban J connectivity index is 1.78. The van der Waals surface area contributed by atoms with E-state index in [1.54, 1.807) is 0 Å². The first-order chi connectivity index (χ1) is 12.1. The van der Waals surface area contributed by atoms with E-state index in [9.17, 15) is 0 Å². The fourth-order valence-electron chi connectivity index (χ4n) is 2.88. The molecule has 0 aromatic carbocycles. The van der Waals surface area contributed by atoms with Crippen molar-refractivity contribution >= 4 is 20.0 Å². The van der Waals surface area contributed by atoms with Crippen molar-refractivity contribution in [1.82, 2.24) is 14.5 Å². The number of imidazole rings is 1. The predicted octanol–water partition coefficient (Wildman–Crippen LogP) is 3.80. The Morgan fingerprint density at radius 3 is 2.46 bits per heavy atom. The standard InChI is InChI=1S/C19H31N3O3Si/c1-13-21-15-10-14(17-24-18(2,3)19(4,5)25-17)11-20-16(15)22(13)12-23-8-9-26(6)7/h10-11,17,26H,8-9,12H2,1-7H3. The molecule has 1 saturated heterocycles. The van der Waals surface area contributed by atoms with Crippen LogP contribution in [0.2, 0.25) is 19.1 Å². The van der Waals surface area contributed by atoms with Crippen LogP contribution < -0.4 is 0 Å². The van der Waals surface area contributed by atoms with E-state index in [-0.39, 0.29) is 11.2 Å². The van der Waals surface area contributed by atoms with Gasteiger partial charge in [0, 0.05) is 27.2 Å². The number of pyridine rings is 1. The second-order valence-electron chi connectivity index (χ2n) is 8.51. The molecule has 2 aromatic heterocycles. The number of aromatic nitrogens is 3. The average Bonchev–Trinajstić information content (AvgIpc) is 2.95. The highest BCUT2D eigenvalue weighted by molar-refractivity contribution is 6.55. The number of aryl methyl sites for hydroxylation is 1. The molecule has 0 unspecified atom stereocenters. The Bertz CT molecular complexity index is 770. The van der Waals surface area contributed by atoms with Gasteiger partial charge in [-0.15, -0.1) is 0 Å². The molecule has 0 bridgehead atoms. The maximum atomic E-state index is 6.12. The maximum absolute atomic E-state index is 6.12. The van der Waals surface area contributed by atoms with Crippen molar-refractivity contribution in [2.75, 3.05) is 6.61 Å². The molecule has 0 aliphatic carbocycles. The summed E-state index contributed by atoms with van der Waals surface area (Å²) >= 11 is 0. The molecule has 1 fully saturated rings. The fourth-order valence-corrected chi connectivity index (χ4v) is 3.52. The molecule has 2 aromatic rings. The van der Waals surface area contributed by atoms with E-state index in [2.05, 4.69) is 50.8 Å². The molecule has 1 aliphatic heterocycles. The molecule has 0 radical (unpaired) electrons. The summed E-state index contributed by atoms with van der Waals surface area (Å²) in [4.78, 5) is 9.27. The molecule has 6 nitrogen and oxygen atoms in total. The van der Waals surface area contributed by atoms with E-state index < -0.39 is 15.1 Å². The Hall–Kier alpha value is -1.28. The Morgan fingerprint density at radius 2 is 1.85 bits per heavy atom. The Morgan fingerprint density at radius 1 is 1.19 bits per heavy atom. The van der Waals surface area contributed by atoms with Crippen LogP contribution in [0.4, 0.5) is 0 Å². The van der Waals surface area contributed by atoms with Crippen LogP contribution in [0.3, 0.4) is 0 Å². The molecule has 144 valence electrons. The van der Waals surface area contributed by atoms with Crippen molar-refractivity contribution in [1.29, 1.82) is 0 Å². The van der Waals surface area contributed by atoms with E-state index in [1.807, 2.05) is 23.8 Å². The minimum atomic E-state index is -0.578. The summed E-state index contributed by atoms with van der Waals surface area (Å²) < 4.78 is 20.1. The summed E-state index contributed by atoms with van der Waals surface area (Å²) in [5.74, 6) is 0.903. The second-order valence-corrected chi connectivity index (χ2v) is 11.9. The third-order valence-electron chi connectivity index (χ3n) is 5.38. The van der Waals surface area contributed by atoms with Gasteiger partial charge in [0.15, 0.2) is 11.9 Å². The summed E-state index contributed by atoms with van der Waals surface area (Å²) in [7, 11) is -0.578. The van der Waals surface area contributed by atoms with Gasteiger partial charge in [0.1, 0.15) is 18.1 Å². The minimum absolute atomic E-state index is 0.366. The van der Waals surface area contributed by atoms with E-state index >= 15 is 0 Å². The van der Waals surface area contributed by atoms with E-state index in [0.29, 0.717) is 6.73 Å². The zero-order valence-electron chi connectivity index (χ0n) is 17.0. The monoisotopic (exact) mass is 377 g/mol. The summed E-state index contributed by atoms with van der Waals surface area (Å²) in [5.41, 5.74) is 1.85. The molecule has 0 amide bonds. The lowest BCUT2D eigenvalue weighted by Crippen LogP contribution is -2.41. The van der Waals surface area contributed by atoms with Crippen molar-refractivity contribution in [2.45, 2.75) is 78.0 Å². The molecule has 1 aliphatic rings. The van der Waals surface area contributed by atoms with Crippen LogP contribution in [0.1, 0.15) is 45.4 Å². The van der Waals surface area contributed by atoms with Crippen molar-refractivity contribution in [3.63, 3.8) is 0 Å². The van der Waals surface area contributed by atoms with E-state index in [1.165, 1.54) is 6.04 Å². The molecule has 26 heavy (non-hydrogen) atoms. The smallest absolute Gasteiger partial charge is 0.186 e. The van der Waals surface area contributed by atoms with Gasteiger partial charge in [-0.25, -0.2) is 9.97 Å². The van der Waals surface area contributed by atoms with Crippen LogP contribution >= 0.6 is 0 Å². The molecular formula is C19H31N3O3Si. The molecule has 0 atom stereocenters. The average molecular weight is 378 g/mol. The lowest BCUT2D eigenvalue weighted by atomic mass is 9.90. The van der Waals surface area contributed by atoms with E-state index in [0.717, 1.165) is 29.2 Å². The van der Waals surface area contributed by atoms with Crippen LogP contribution in [-0.4, -0.2) is 41.1 Å². The molecule has 0 saturated carbocycles. The Labute approximate surface area is 157 Å². The normalized spacial score (nSPS) is 19.7. The SMILES string of the molecule is Cc1nc2cc(C3OC(C)(C)C(C)(C)O3)cnc2n1COCC[SiH](C)C. The van der Waals surface area contributed by atoms with Crippen LogP contribution in [0.15, 0.2) is 12.3 Å². The first kappa shape index (κ1) is 19.5.